The number of hydrogen-bond donors (Lipinski definition) is 0. The highest BCUT2D eigenvalue weighted by Gasteiger charge is 2.34. The van der Waals surface area contributed by atoms with Crippen LogP contribution in [0.1, 0.15) is 12.8 Å². The molecular formula is C11H15N3O3. The Hall–Kier alpha value is -1.85. The van der Waals surface area contributed by atoms with Gasteiger partial charge in [0.25, 0.3) is 0 Å². The third-order valence-electron chi connectivity index (χ3n) is 2.89. The van der Waals surface area contributed by atoms with Crippen molar-refractivity contribution >= 4 is 11.9 Å². The molecule has 1 amide bonds. The number of carbonyl (C=O) groups excluding carboxylic acids is 2. The Morgan fingerprint density at radius 2 is 2.47 bits per heavy atom. The zero-order chi connectivity index (χ0) is 12.3. The lowest BCUT2D eigenvalue weighted by molar-refractivity contribution is -0.151. The van der Waals surface area contributed by atoms with Gasteiger partial charge in [-0.15, -0.1) is 0 Å². The van der Waals surface area contributed by atoms with Crippen LogP contribution < -0.4 is 0 Å². The highest BCUT2D eigenvalue weighted by molar-refractivity contribution is 5.87. The predicted octanol–water partition coefficient (Wildman–Crippen LogP) is 0.0471. The van der Waals surface area contributed by atoms with Gasteiger partial charge in [0.1, 0.15) is 12.6 Å². The van der Waals surface area contributed by atoms with E-state index in [-0.39, 0.29) is 18.5 Å². The van der Waals surface area contributed by atoms with Crippen LogP contribution in [-0.4, -0.2) is 46.3 Å². The average Bonchev–Trinajstić information content (AvgIpc) is 2.91. The molecule has 6 heteroatoms. The molecule has 17 heavy (non-hydrogen) atoms. The number of likely N-dealkylation sites (tertiary alicyclic amines) is 1. The number of aromatic nitrogens is 2. The van der Waals surface area contributed by atoms with Gasteiger partial charge in [0, 0.05) is 25.9 Å². The zero-order valence-corrected chi connectivity index (χ0v) is 9.70. The fourth-order valence-corrected chi connectivity index (χ4v) is 1.85. The quantitative estimate of drug-likeness (QED) is 0.694. The molecule has 0 saturated carbocycles. The van der Waals surface area contributed by atoms with Crippen LogP contribution in [0.25, 0.3) is 0 Å². The van der Waals surface area contributed by atoms with Crippen molar-refractivity contribution in [1.82, 2.24) is 14.7 Å². The summed E-state index contributed by atoms with van der Waals surface area (Å²) in [6, 6.07) is 1.39. The maximum absolute atomic E-state index is 11.7. The number of nitrogens with zero attached hydrogens (tertiary/aromatic N) is 3. The van der Waals surface area contributed by atoms with E-state index in [2.05, 4.69) is 5.10 Å². The van der Waals surface area contributed by atoms with Crippen molar-refractivity contribution in [3.63, 3.8) is 0 Å². The first-order chi connectivity index (χ1) is 8.18. The van der Waals surface area contributed by atoms with Gasteiger partial charge < -0.3 is 9.64 Å². The van der Waals surface area contributed by atoms with E-state index < -0.39 is 6.04 Å². The summed E-state index contributed by atoms with van der Waals surface area (Å²) in [4.78, 5) is 24.4. The summed E-state index contributed by atoms with van der Waals surface area (Å²) in [5.41, 5.74) is 0. The molecule has 1 saturated heterocycles. The summed E-state index contributed by atoms with van der Waals surface area (Å²) < 4.78 is 6.82. The summed E-state index contributed by atoms with van der Waals surface area (Å²) in [7, 11) is 1.63. The van der Waals surface area contributed by atoms with E-state index in [1.807, 2.05) is 6.07 Å². The molecule has 0 unspecified atom stereocenters. The molecule has 2 heterocycles. The van der Waals surface area contributed by atoms with Crippen LogP contribution in [0.15, 0.2) is 18.5 Å². The predicted molar refractivity (Wildman–Crippen MR) is 59.0 cm³/mol. The fourth-order valence-electron chi connectivity index (χ4n) is 1.85. The van der Waals surface area contributed by atoms with Gasteiger partial charge >= 0.3 is 5.97 Å². The SMILES string of the molecule is CN1C(=O)CC[C@H]1C(=O)OCCn1cccn1. The lowest BCUT2D eigenvalue weighted by atomic mass is 10.2. The Bertz CT molecular complexity index is 402. The normalized spacial score (nSPS) is 19.7. The van der Waals surface area contributed by atoms with Crippen LogP contribution in [-0.2, 0) is 20.9 Å². The summed E-state index contributed by atoms with van der Waals surface area (Å²) in [6.45, 7) is 0.808. The van der Waals surface area contributed by atoms with Crippen LogP contribution >= 0.6 is 0 Å². The molecule has 0 aromatic carbocycles. The Morgan fingerprint density at radius 3 is 3.06 bits per heavy atom. The number of esters is 1. The van der Waals surface area contributed by atoms with Crippen molar-refractivity contribution in [2.45, 2.75) is 25.4 Å². The highest BCUT2D eigenvalue weighted by Crippen LogP contribution is 2.17. The Morgan fingerprint density at radius 1 is 1.65 bits per heavy atom. The van der Waals surface area contributed by atoms with Gasteiger partial charge in [-0.3, -0.25) is 9.48 Å². The van der Waals surface area contributed by atoms with Gasteiger partial charge in [-0.25, -0.2) is 4.79 Å². The molecule has 1 aliphatic heterocycles. The van der Waals surface area contributed by atoms with Gasteiger partial charge in [0.15, 0.2) is 0 Å². The summed E-state index contributed by atoms with van der Waals surface area (Å²) >= 11 is 0. The van der Waals surface area contributed by atoms with E-state index in [0.29, 0.717) is 19.4 Å². The van der Waals surface area contributed by atoms with Crippen molar-refractivity contribution in [3.8, 4) is 0 Å². The van der Waals surface area contributed by atoms with Gasteiger partial charge in [-0.05, 0) is 12.5 Å². The largest absolute Gasteiger partial charge is 0.462 e. The Labute approximate surface area is 99.1 Å². The van der Waals surface area contributed by atoms with E-state index in [0.717, 1.165) is 0 Å². The third kappa shape index (κ3) is 2.64. The molecule has 1 fully saturated rings. The van der Waals surface area contributed by atoms with Crippen LogP contribution in [0.4, 0.5) is 0 Å². The van der Waals surface area contributed by atoms with Crippen molar-refractivity contribution in [2.75, 3.05) is 13.7 Å². The second kappa shape index (κ2) is 4.99. The molecule has 0 radical (unpaired) electrons. The molecule has 1 atom stereocenters. The molecule has 6 nitrogen and oxygen atoms in total. The van der Waals surface area contributed by atoms with Crippen molar-refractivity contribution < 1.29 is 14.3 Å². The summed E-state index contributed by atoms with van der Waals surface area (Å²) in [5.74, 6) is -0.329. The van der Waals surface area contributed by atoms with Gasteiger partial charge in [-0.2, -0.15) is 5.10 Å². The van der Waals surface area contributed by atoms with E-state index in [4.69, 9.17) is 4.74 Å². The molecular weight excluding hydrogens is 222 g/mol. The molecule has 0 spiro atoms. The lowest BCUT2D eigenvalue weighted by Gasteiger charge is -2.18. The van der Waals surface area contributed by atoms with Gasteiger partial charge in [-0.1, -0.05) is 0 Å². The number of likely N-dealkylation sites (N-methyl/N-ethyl adjacent to an activating group) is 1. The first-order valence-electron chi connectivity index (χ1n) is 5.58. The molecule has 0 N–H and O–H groups in total. The third-order valence-corrected chi connectivity index (χ3v) is 2.89. The number of carbonyl (C=O) groups is 2. The van der Waals surface area contributed by atoms with Crippen LogP contribution in [0.2, 0.25) is 0 Å². The van der Waals surface area contributed by atoms with Crippen molar-refractivity contribution in [3.05, 3.63) is 18.5 Å². The van der Waals surface area contributed by atoms with E-state index >= 15 is 0 Å². The Balaban J connectivity index is 1.76. The smallest absolute Gasteiger partial charge is 0.328 e. The average molecular weight is 237 g/mol. The number of rotatable bonds is 4. The van der Waals surface area contributed by atoms with Crippen LogP contribution in [0, 0.1) is 0 Å². The summed E-state index contributed by atoms with van der Waals surface area (Å²) in [6.07, 6.45) is 4.45. The Kier molecular flexibility index (Phi) is 3.41. The van der Waals surface area contributed by atoms with Gasteiger partial charge in [0.2, 0.25) is 5.91 Å². The molecule has 92 valence electrons. The molecule has 1 aromatic rings. The fraction of sp³-hybridized carbons (Fsp3) is 0.545. The number of hydrogen-bond acceptors (Lipinski definition) is 4. The highest BCUT2D eigenvalue weighted by atomic mass is 16.5. The minimum atomic E-state index is -0.417. The number of ether oxygens (including phenoxy) is 1. The maximum atomic E-state index is 11.7. The molecule has 2 rings (SSSR count). The minimum absolute atomic E-state index is 0.000902. The van der Waals surface area contributed by atoms with E-state index in [1.54, 1.807) is 24.1 Å². The first kappa shape index (κ1) is 11.6. The van der Waals surface area contributed by atoms with Crippen molar-refractivity contribution in [1.29, 1.82) is 0 Å². The summed E-state index contributed by atoms with van der Waals surface area (Å²) in [5, 5.41) is 4.00. The minimum Gasteiger partial charge on any atom is -0.462 e. The zero-order valence-electron chi connectivity index (χ0n) is 9.70. The standard InChI is InChI=1S/C11H15N3O3/c1-13-9(3-4-10(13)15)11(16)17-8-7-14-6-2-5-12-14/h2,5-6,9H,3-4,7-8H2,1H3/t9-/m0/s1. The first-order valence-corrected chi connectivity index (χ1v) is 5.58. The van der Waals surface area contributed by atoms with Crippen LogP contribution in [0.3, 0.4) is 0 Å². The molecule has 0 bridgehead atoms. The monoisotopic (exact) mass is 237 g/mol. The lowest BCUT2D eigenvalue weighted by Crippen LogP contribution is -2.36. The maximum Gasteiger partial charge on any atom is 0.328 e. The molecule has 1 aromatic heterocycles. The van der Waals surface area contributed by atoms with Crippen molar-refractivity contribution in [2.24, 2.45) is 0 Å². The molecule has 0 aliphatic carbocycles. The van der Waals surface area contributed by atoms with E-state index in [9.17, 15) is 9.59 Å². The second-order valence-corrected chi connectivity index (χ2v) is 4.00. The van der Waals surface area contributed by atoms with Crippen LogP contribution in [0.5, 0.6) is 0 Å². The van der Waals surface area contributed by atoms with Gasteiger partial charge in [0.05, 0.1) is 6.54 Å². The second-order valence-electron chi connectivity index (χ2n) is 4.00. The topological polar surface area (TPSA) is 64.4 Å². The van der Waals surface area contributed by atoms with E-state index in [1.165, 1.54) is 4.90 Å². The molecule has 1 aliphatic rings. The number of amides is 1.